The molecule has 1 saturated heterocycles. The zero-order chi connectivity index (χ0) is 20.9. The second-order valence-corrected chi connectivity index (χ2v) is 8.38. The van der Waals surface area contributed by atoms with Crippen molar-refractivity contribution >= 4 is 17.7 Å². The zero-order valence-corrected chi connectivity index (χ0v) is 18.1. The zero-order valence-electron chi connectivity index (χ0n) is 17.2. The Balaban J connectivity index is 1.49. The molecule has 4 rings (SSSR count). The summed E-state index contributed by atoms with van der Waals surface area (Å²) in [5, 5.41) is 16.8. The Bertz CT molecular complexity index is 994. The molecule has 0 radical (unpaired) electrons. The number of aromatic nitrogens is 5. The number of hydrogen-bond donors (Lipinski definition) is 1. The van der Waals surface area contributed by atoms with E-state index in [-0.39, 0.29) is 12.0 Å². The first-order valence-corrected chi connectivity index (χ1v) is 11.1. The van der Waals surface area contributed by atoms with E-state index in [0.717, 1.165) is 47.4 Å². The number of hydrogen-bond acceptors (Lipinski definition) is 6. The maximum Gasteiger partial charge on any atom is 0.269 e. The van der Waals surface area contributed by atoms with Gasteiger partial charge in [0.05, 0.1) is 24.9 Å². The largest absolute Gasteiger partial charge is 0.377 e. The highest BCUT2D eigenvalue weighted by molar-refractivity contribution is 7.99. The average molecular weight is 427 g/mol. The minimum Gasteiger partial charge on any atom is -0.377 e. The molecule has 8 nitrogen and oxygen atoms in total. The quantitative estimate of drug-likeness (QED) is 0.557. The maximum atomic E-state index is 12.6. The van der Waals surface area contributed by atoms with Gasteiger partial charge in [-0.2, -0.15) is 5.10 Å². The summed E-state index contributed by atoms with van der Waals surface area (Å²) >= 11 is 1.66. The summed E-state index contributed by atoms with van der Waals surface area (Å²) in [6.07, 6.45) is 2.48. The minimum absolute atomic E-state index is 0.180. The fourth-order valence-electron chi connectivity index (χ4n) is 3.50. The van der Waals surface area contributed by atoms with E-state index >= 15 is 0 Å². The van der Waals surface area contributed by atoms with E-state index in [0.29, 0.717) is 18.8 Å². The van der Waals surface area contributed by atoms with Crippen LogP contribution in [0.3, 0.4) is 0 Å². The van der Waals surface area contributed by atoms with Crippen molar-refractivity contribution in [2.24, 2.45) is 7.05 Å². The molecule has 9 heteroatoms. The van der Waals surface area contributed by atoms with Gasteiger partial charge in [-0.3, -0.25) is 9.48 Å². The Labute approximate surface area is 180 Å². The first-order valence-electron chi connectivity index (χ1n) is 10.1. The van der Waals surface area contributed by atoms with Crippen molar-refractivity contribution in [2.45, 2.75) is 44.1 Å². The van der Waals surface area contributed by atoms with Gasteiger partial charge >= 0.3 is 0 Å². The highest BCUT2D eigenvalue weighted by Crippen LogP contribution is 2.24. The van der Waals surface area contributed by atoms with Crippen molar-refractivity contribution in [1.82, 2.24) is 29.9 Å². The third-order valence-electron chi connectivity index (χ3n) is 5.04. The van der Waals surface area contributed by atoms with Gasteiger partial charge in [0.15, 0.2) is 11.0 Å². The Morgan fingerprint density at radius 1 is 1.30 bits per heavy atom. The van der Waals surface area contributed by atoms with E-state index < -0.39 is 0 Å². The predicted octanol–water partition coefficient (Wildman–Crippen LogP) is 2.57. The molecule has 1 unspecified atom stereocenters. The van der Waals surface area contributed by atoms with Gasteiger partial charge in [0.2, 0.25) is 0 Å². The molecule has 30 heavy (non-hydrogen) atoms. The van der Waals surface area contributed by atoms with Crippen molar-refractivity contribution in [3.63, 3.8) is 0 Å². The van der Waals surface area contributed by atoms with Crippen LogP contribution in [0.4, 0.5) is 0 Å². The van der Waals surface area contributed by atoms with Crippen LogP contribution in [0.2, 0.25) is 0 Å². The Morgan fingerprint density at radius 3 is 2.83 bits per heavy atom. The molecule has 3 heterocycles. The number of benzene rings is 1. The highest BCUT2D eigenvalue weighted by atomic mass is 32.2. The molecule has 2 aromatic heterocycles. The minimum atomic E-state index is -0.180. The van der Waals surface area contributed by atoms with Crippen LogP contribution in [-0.4, -0.2) is 48.9 Å². The Hall–Kier alpha value is -2.65. The number of carbonyl (C=O) groups excluding carboxylic acids is 1. The van der Waals surface area contributed by atoms with Crippen molar-refractivity contribution in [2.75, 3.05) is 12.4 Å². The lowest BCUT2D eigenvalue weighted by atomic mass is 10.2. The molecule has 0 aliphatic carbocycles. The summed E-state index contributed by atoms with van der Waals surface area (Å²) in [4.78, 5) is 12.6. The van der Waals surface area contributed by atoms with Gasteiger partial charge in [-0.1, -0.05) is 42.1 Å². The van der Waals surface area contributed by atoms with Crippen molar-refractivity contribution in [3.05, 3.63) is 59.2 Å². The summed E-state index contributed by atoms with van der Waals surface area (Å²) in [6.45, 7) is 3.65. The van der Waals surface area contributed by atoms with Gasteiger partial charge in [0, 0.05) is 19.4 Å². The van der Waals surface area contributed by atoms with Crippen LogP contribution in [0.15, 0.2) is 41.6 Å². The molecule has 1 aliphatic rings. The molecule has 0 saturated carbocycles. The van der Waals surface area contributed by atoms with Crippen molar-refractivity contribution < 1.29 is 9.53 Å². The van der Waals surface area contributed by atoms with Gasteiger partial charge in [-0.25, -0.2) is 0 Å². The first-order chi connectivity index (χ1) is 14.6. The number of carbonyl (C=O) groups is 1. The molecular weight excluding hydrogens is 400 g/mol. The van der Waals surface area contributed by atoms with Crippen molar-refractivity contribution in [1.29, 1.82) is 0 Å². The van der Waals surface area contributed by atoms with E-state index in [1.165, 1.54) is 0 Å². The van der Waals surface area contributed by atoms with Gasteiger partial charge < -0.3 is 14.6 Å². The number of nitrogens with zero attached hydrogens (tertiary/aromatic N) is 5. The highest BCUT2D eigenvalue weighted by Gasteiger charge is 2.20. The lowest BCUT2D eigenvalue weighted by Crippen LogP contribution is -2.27. The summed E-state index contributed by atoms with van der Waals surface area (Å²) in [6, 6.07) is 12.0. The summed E-state index contributed by atoms with van der Waals surface area (Å²) < 4.78 is 9.40. The third-order valence-corrected chi connectivity index (χ3v) is 6.14. The van der Waals surface area contributed by atoms with E-state index in [9.17, 15) is 4.79 Å². The number of amides is 1. The second-order valence-electron chi connectivity index (χ2n) is 7.39. The molecule has 0 spiro atoms. The monoisotopic (exact) mass is 426 g/mol. The molecule has 3 aromatic rings. The molecular formula is C21H26N6O2S. The standard InChI is InChI=1S/C21H26N6O2S/c1-15-11-18(26(2)25-15)20(28)22-12-19-23-24-21(30-14-17-9-6-10-29-17)27(19)13-16-7-4-3-5-8-16/h3-5,7-8,11,17H,6,9-10,12-14H2,1-2H3,(H,22,28). The van der Waals surface area contributed by atoms with Gasteiger partial charge in [-0.15, -0.1) is 10.2 Å². The maximum absolute atomic E-state index is 12.6. The first kappa shape index (κ1) is 20.6. The number of ether oxygens (including phenoxy) is 1. The van der Waals surface area contributed by atoms with Crippen LogP contribution in [0, 0.1) is 6.92 Å². The molecule has 158 valence electrons. The third kappa shape index (κ3) is 4.91. The van der Waals surface area contributed by atoms with E-state index in [2.05, 4.69) is 37.3 Å². The topological polar surface area (TPSA) is 86.9 Å². The van der Waals surface area contributed by atoms with Gasteiger partial charge in [0.1, 0.15) is 5.69 Å². The SMILES string of the molecule is Cc1cc(C(=O)NCc2nnc(SCC3CCCO3)n2Cc2ccccc2)n(C)n1. The molecule has 0 bridgehead atoms. The second kappa shape index (κ2) is 9.44. The Kier molecular flexibility index (Phi) is 6.49. The number of thioether (sulfide) groups is 1. The predicted molar refractivity (Wildman–Crippen MR) is 114 cm³/mol. The van der Waals surface area contributed by atoms with Crippen LogP contribution < -0.4 is 5.32 Å². The lowest BCUT2D eigenvalue weighted by molar-refractivity contribution is 0.0940. The molecule has 1 fully saturated rings. The van der Waals surface area contributed by atoms with Crippen molar-refractivity contribution in [3.8, 4) is 0 Å². The summed E-state index contributed by atoms with van der Waals surface area (Å²) in [5.74, 6) is 1.40. The van der Waals surface area contributed by atoms with E-state index in [4.69, 9.17) is 4.74 Å². The van der Waals surface area contributed by atoms with Crippen LogP contribution in [-0.2, 0) is 24.9 Å². The van der Waals surface area contributed by atoms with Crippen LogP contribution in [0.5, 0.6) is 0 Å². The molecule has 1 aliphatic heterocycles. The summed E-state index contributed by atoms with van der Waals surface area (Å²) in [5.41, 5.74) is 2.49. The van der Waals surface area contributed by atoms with Gasteiger partial charge in [-0.05, 0) is 31.4 Å². The lowest BCUT2D eigenvalue weighted by Gasteiger charge is -2.12. The average Bonchev–Trinajstić information content (AvgIpc) is 3.46. The smallest absolute Gasteiger partial charge is 0.269 e. The number of aryl methyl sites for hydroxylation is 2. The van der Waals surface area contributed by atoms with Crippen LogP contribution in [0.1, 0.15) is 40.4 Å². The molecule has 1 atom stereocenters. The fraction of sp³-hybridized carbons (Fsp3) is 0.429. The van der Waals surface area contributed by atoms with Crippen LogP contribution in [0.25, 0.3) is 0 Å². The molecule has 1 amide bonds. The molecule has 1 N–H and O–H groups in total. The Morgan fingerprint density at radius 2 is 2.13 bits per heavy atom. The van der Waals surface area contributed by atoms with E-state index in [1.54, 1.807) is 29.6 Å². The number of nitrogens with one attached hydrogen (secondary N) is 1. The van der Waals surface area contributed by atoms with Gasteiger partial charge in [0.25, 0.3) is 5.91 Å². The summed E-state index contributed by atoms with van der Waals surface area (Å²) in [7, 11) is 1.76. The fourth-order valence-corrected chi connectivity index (χ4v) is 4.52. The normalized spacial score (nSPS) is 16.1. The van der Waals surface area contributed by atoms with Crippen LogP contribution >= 0.6 is 11.8 Å². The van der Waals surface area contributed by atoms with E-state index in [1.807, 2.05) is 25.1 Å². The molecule has 1 aromatic carbocycles. The number of rotatable bonds is 8.